The Morgan fingerprint density at radius 3 is 1.36 bits per heavy atom. The Morgan fingerprint density at radius 1 is 0.714 bits per heavy atom. The van der Waals surface area contributed by atoms with Crippen molar-refractivity contribution in [3.8, 4) is 0 Å². The molecule has 0 radical (unpaired) electrons. The third kappa shape index (κ3) is 4.37. The summed E-state index contributed by atoms with van der Waals surface area (Å²) < 4.78 is 0. The van der Waals surface area contributed by atoms with Gasteiger partial charge >= 0.3 is 0 Å². The number of quaternary nitrogens is 2. The van der Waals surface area contributed by atoms with Gasteiger partial charge in [0.05, 0.1) is 13.1 Å². The molecule has 14 heavy (non-hydrogen) atoms. The van der Waals surface area contributed by atoms with Crippen molar-refractivity contribution in [1.29, 1.82) is 0 Å². The Hall–Kier alpha value is -0.160. The molecular weight excluding hydrogens is 176 g/mol. The van der Waals surface area contributed by atoms with Crippen molar-refractivity contribution >= 4 is 0 Å². The quantitative estimate of drug-likeness (QED) is 0.517. The van der Waals surface area contributed by atoms with E-state index in [0.29, 0.717) is 0 Å². The number of piperazine rings is 1. The second kappa shape index (κ2) is 7.17. The first kappa shape index (κ1) is 11.9. The Kier molecular flexibility index (Phi) is 6.10. The second-order valence-corrected chi connectivity index (χ2v) is 4.10. The van der Waals surface area contributed by atoms with Gasteiger partial charge in [-0.3, -0.25) is 0 Å². The minimum atomic E-state index is 1.07. The van der Waals surface area contributed by atoms with Gasteiger partial charge in [-0.2, -0.15) is 0 Å². The highest BCUT2D eigenvalue weighted by Gasteiger charge is 2.15. The fraction of sp³-hybridized carbons (Fsp3) is 1.00. The van der Waals surface area contributed by atoms with Crippen molar-refractivity contribution in [3.05, 3.63) is 0 Å². The average molecular weight is 202 g/mol. The SMILES string of the molecule is [NH3+]CCCN1CCN(CCC[NH3+])CC1. The smallest absolute Gasteiger partial charge is 0.0752 e. The van der Waals surface area contributed by atoms with Crippen LogP contribution in [0.3, 0.4) is 0 Å². The largest absolute Gasteiger partial charge is 0.358 e. The van der Waals surface area contributed by atoms with E-state index in [1.807, 2.05) is 0 Å². The van der Waals surface area contributed by atoms with Crippen LogP contribution in [0.1, 0.15) is 12.8 Å². The zero-order chi connectivity index (χ0) is 10.2. The third-order valence-electron chi connectivity index (χ3n) is 2.91. The minimum absolute atomic E-state index is 1.07. The summed E-state index contributed by atoms with van der Waals surface area (Å²) in [6, 6.07) is 0. The van der Waals surface area contributed by atoms with Crippen molar-refractivity contribution in [1.82, 2.24) is 9.80 Å². The van der Waals surface area contributed by atoms with Crippen LogP contribution in [-0.4, -0.2) is 62.2 Å². The van der Waals surface area contributed by atoms with Crippen LogP contribution in [0.2, 0.25) is 0 Å². The van der Waals surface area contributed by atoms with Crippen LogP contribution in [-0.2, 0) is 0 Å². The predicted molar refractivity (Wildman–Crippen MR) is 57.6 cm³/mol. The summed E-state index contributed by atoms with van der Waals surface area (Å²) in [7, 11) is 0. The summed E-state index contributed by atoms with van der Waals surface area (Å²) >= 11 is 0. The van der Waals surface area contributed by atoms with E-state index < -0.39 is 0 Å². The van der Waals surface area contributed by atoms with E-state index in [1.54, 1.807) is 0 Å². The lowest BCUT2D eigenvalue weighted by Gasteiger charge is -2.34. The Bertz CT molecular complexity index is 116. The van der Waals surface area contributed by atoms with Crippen LogP contribution >= 0.6 is 0 Å². The summed E-state index contributed by atoms with van der Waals surface area (Å²) in [6.07, 6.45) is 2.50. The van der Waals surface area contributed by atoms with E-state index in [-0.39, 0.29) is 0 Å². The summed E-state index contributed by atoms with van der Waals surface area (Å²) in [4.78, 5) is 5.12. The monoisotopic (exact) mass is 202 g/mol. The number of nitrogens with zero attached hydrogens (tertiary/aromatic N) is 2. The van der Waals surface area contributed by atoms with Crippen molar-refractivity contribution in [2.75, 3.05) is 52.4 Å². The summed E-state index contributed by atoms with van der Waals surface area (Å²) in [5, 5.41) is 0. The molecule has 0 amide bonds. The highest BCUT2D eigenvalue weighted by molar-refractivity contribution is 4.71. The summed E-state index contributed by atoms with van der Waals surface area (Å²) in [5.41, 5.74) is 7.76. The van der Waals surface area contributed by atoms with E-state index in [0.717, 1.165) is 13.1 Å². The van der Waals surface area contributed by atoms with Gasteiger partial charge in [0.15, 0.2) is 0 Å². The molecule has 0 aromatic carbocycles. The topological polar surface area (TPSA) is 61.8 Å². The maximum Gasteiger partial charge on any atom is 0.0752 e. The van der Waals surface area contributed by atoms with Crippen molar-refractivity contribution in [3.63, 3.8) is 0 Å². The Morgan fingerprint density at radius 2 is 1.07 bits per heavy atom. The van der Waals surface area contributed by atoms with Gasteiger partial charge in [-0.15, -0.1) is 0 Å². The zero-order valence-electron chi connectivity index (χ0n) is 9.38. The molecule has 0 aromatic rings. The van der Waals surface area contributed by atoms with Gasteiger partial charge in [-0.1, -0.05) is 0 Å². The second-order valence-electron chi connectivity index (χ2n) is 4.10. The predicted octanol–water partition coefficient (Wildman–Crippen LogP) is -2.13. The normalized spacial score (nSPS) is 20.1. The maximum atomic E-state index is 3.88. The molecular formula is C10H26N4+2. The molecule has 0 unspecified atom stereocenters. The molecule has 4 heteroatoms. The van der Waals surface area contributed by atoms with E-state index in [2.05, 4.69) is 21.3 Å². The number of hydrogen-bond donors (Lipinski definition) is 2. The van der Waals surface area contributed by atoms with Crippen molar-refractivity contribution in [2.45, 2.75) is 12.8 Å². The van der Waals surface area contributed by atoms with Crippen LogP contribution in [0, 0.1) is 0 Å². The van der Waals surface area contributed by atoms with Gasteiger partial charge < -0.3 is 21.3 Å². The van der Waals surface area contributed by atoms with Gasteiger partial charge in [0.25, 0.3) is 0 Å². The van der Waals surface area contributed by atoms with Crippen LogP contribution in [0.15, 0.2) is 0 Å². The molecule has 1 saturated heterocycles. The highest BCUT2D eigenvalue weighted by atomic mass is 15.3. The van der Waals surface area contributed by atoms with Gasteiger partial charge in [0.1, 0.15) is 0 Å². The van der Waals surface area contributed by atoms with E-state index in [4.69, 9.17) is 0 Å². The molecule has 0 atom stereocenters. The van der Waals surface area contributed by atoms with Crippen LogP contribution in [0.5, 0.6) is 0 Å². The molecule has 0 bridgehead atoms. The molecule has 0 spiro atoms. The molecule has 1 fully saturated rings. The molecule has 1 heterocycles. The molecule has 1 rings (SSSR count). The number of rotatable bonds is 6. The third-order valence-corrected chi connectivity index (χ3v) is 2.91. The summed E-state index contributed by atoms with van der Waals surface area (Å²) in [5.74, 6) is 0. The van der Waals surface area contributed by atoms with Crippen LogP contribution < -0.4 is 11.5 Å². The first-order valence-corrected chi connectivity index (χ1v) is 5.90. The molecule has 0 saturated carbocycles. The fourth-order valence-electron chi connectivity index (χ4n) is 1.91. The maximum absolute atomic E-state index is 3.88. The van der Waals surface area contributed by atoms with Crippen molar-refractivity contribution in [2.24, 2.45) is 0 Å². The lowest BCUT2D eigenvalue weighted by Crippen LogP contribution is -2.53. The van der Waals surface area contributed by atoms with E-state index in [1.165, 1.54) is 52.1 Å². The molecule has 84 valence electrons. The average Bonchev–Trinajstić information content (AvgIpc) is 2.25. The van der Waals surface area contributed by atoms with E-state index >= 15 is 0 Å². The Balaban J connectivity index is 2.05. The molecule has 0 aliphatic carbocycles. The van der Waals surface area contributed by atoms with Crippen LogP contribution in [0.4, 0.5) is 0 Å². The van der Waals surface area contributed by atoms with Gasteiger partial charge in [-0.05, 0) is 0 Å². The van der Waals surface area contributed by atoms with E-state index in [9.17, 15) is 0 Å². The lowest BCUT2D eigenvalue weighted by molar-refractivity contribution is -0.369. The van der Waals surface area contributed by atoms with Crippen molar-refractivity contribution < 1.29 is 11.5 Å². The molecule has 1 aliphatic rings. The van der Waals surface area contributed by atoms with Gasteiger partial charge in [-0.25, -0.2) is 0 Å². The van der Waals surface area contributed by atoms with Gasteiger partial charge in [0.2, 0.25) is 0 Å². The molecule has 4 nitrogen and oxygen atoms in total. The first-order valence-electron chi connectivity index (χ1n) is 5.90. The zero-order valence-corrected chi connectivity index (χ0v) is 9.38. The molecule has 1 aliphatic heterocycles. The highest BCUT2D eigenvalue weighted by Crippen LogP contribution is 2.02. The lowest BCUT2D eigenvalue weighted by atomic mass is 10.2. The summed E-state index contributed by atoms with van der Waals surface area (Å²) in [6.45, 7) is 9.62. The number of hydrogen-bond acceptors (Lipinski definition) is 2. The standard InChI is InChI=1S/C10H24N4/c11-3-1-5-13-7-9-14(10-8-13)6-2-4-12/h1-12H2/p+2. The Labute approximate surface area is 87.2 Å². The van der Waals surface area contributed by atoms with Crippen LogP contribution in [0.25, 0.3) is 0 Å². The molecule has 6 N–H and O–H groups in total. The molecule has 0 aromatic heterocycles. The minimum Gasteiger partial charge on any atom is -0.358 e. The first-order chi connectivity index (χ1) is 6.86. The van der Waals surface area contributed by atoms with Gasteiger partial charge in [0, 0.05) is 52.1 Å². The fourth-order valence-corrected chi connectivity index (χ4v) is 1.91.